The number of Topliss-reactive ketones (excluding diaryl/α,β-unsaturated/α-hetero) is 1. The van der Waals surface area contributed by atoms with Gasteiger partial charge in [0.1, 0.15) is 28.8 Å². The molecule has 0 amide bonds. The van der Waals surface area contributed by atoms with Crippen LogP contribution in [0.4, 0.5) is 0 Å². The molecule has 0 fully saturated rings. The van der Waals surface area contributed by atoms with Crippen molar-refractivity contribution in [1.82, 2.24) is 0 Å². The third-order valence-corrected chi connectivity index (χ3v) is 3.63. The molecule has 0 heterocycles. The molecule has 0 atom stereocenters. The van der Waals surface area contributed by atoms with Gasteiger partial charge in [0.05, 0.1) is 28.4 Å². The predicted octanol–water partition coefficient (Wildman–Crippen LogP) is 3.08. The normalized spacial score (nSPS) is 10.2. The van der Waals surface area contributed by atoms with Crippen LogP contribution in [-0.4, -0.2) is 34.2 Å². The lowest BCUT2D eigenvalue weighted by atomic mass is 10.0. The molecule has 0 spiro atoms. The lowest BCUT2D eigenvalue weighted by Crippen LogP contribution is -2.07. The summed E-state index contributed by atoms with van der Waals surface area (Å²) in [6.07, 6.45) is 0.597. The van der Waals surface area contributed by atoms with Crippen LogP contribution in [0, 0.1) is 0 Å². The second-order valence-electron chi connectivity index (χ2n) is 5.33. The van der Waals surface area contributed by atoms with Gasteiger partial charge in [0.15, 0.2) is 0 Å². The van der Waals surface area contributed by atoms with Gasteiger partial charge in [-0.25, -0.2) is 0 Å². The van der Waals surface area contributed by atoms with Gasteiger partial charge in [-0.2, -0.15) is 0 Å². The summed E-state index contributed by atoms with van der Waals surface area (Å²) in [4.78, 5) is 12.4. The third kappa shape index (κ3) is 4.65. The second kappa shape index (κ2) is 8.24. The van der Waals surface area contributed by atoms with Crippen molar-refractivity contribution in [3.05, 3.63) is 47.5 Å². The number of rotatable bonds is 8. The summed E-state index contributed by atoms with van der Waals surface area (Å²) in [6.45, 7) is 0. The SMILES string of the molecule is COc1cc(CC(=O)Cc2cc(OC)cc(OC)c2)cc(OC)c1. The van der Waals surface area contributed by atoms with E-state index < -0.39 is 0 Å². The Kier molecular flexibility index (Phi) is 6.07. The fourth-order valence-electron chi connectivity index (χ4n) is 2.45. The Morgan fingerprint density at radius 3 is 1.17 bits per heavy atom. The molecule has 0 aliphatic heterocycles. The number of carbonyl (C=O) groups is 1. The number of methoxy groups -OCH3 is 4. The Morgan fingerprint density at radius 1 is 0.625 bits per heavy atom. The molecule has 0 saturated carbocycles. The average Bonchev–Trinajstić information content (AvgIpc) is 2.60. The lowest BCUT2D eigenvalue weighted by molar-refractivity contribution is -0.117. The van der Waals surface area contributed by atoms with E-state index in [0.717, 1.165) is 11.1 Å². The summed E-state index contributed by atoms with van der Waals surface area (Å²) < 4.78 is 20.9. The summed E-state index contributed by atoms with van der Waals surface area (Å²) in [5.41, 5.74) is 1.71. The Hall–Kier alpha value is -2.69. The van der Waals surface area contributed by atoms with Gasteiger partial charge in [0.2, 0.25) is 0 Å². The fraction of sp³-hybridized carbons (Fsp3) is 0.316. The molecule has 0 bridgehead atoms. The molecule has 2 aromatic carbocycles. The van der Waals surface area contributed by atoms with Gasteiger partial charge in [0.25, 0.3) is 0 Å². The van der Waals surface area contributed by atoms with Gasteiger partial charge < -0.3 is 18.9 Å². The quantitative estimate of drug-likeness (QED) is 0.744. The summed E-state index contributed by atoms with van der Waals surface area (Å²) in [5.74, 6) is 2.75. The Bertz CT molecular complexity index is 605. The van der Waals surface area contributed by atoms with Crippen LogP contribution in [0.2, 0.25) is 0 Å². The van der Waals surface area contributed by atoms with Crippen molar-refractivity contribution >= 4 is 5.78 Å². The molecule has 0 radical (unpaired) electrons. The smallest absolute Gasteiger partial charge is 0.141 e. The van der Waals surface area contributed by atoms with Crippen LogP contribution in [0.5, 0.6) is 23.0 Å². The van der Waals surface area contributed by atoms with Crippen molar-refractivity contribution in [2.24, 2.45) is 0 Å². The van der Waals surface area contributed by atoms with Gasteiger partial charge in [-0.3, -0.25) is 4.79 Å². The number of carbonyl (C=O) groups excluding carboxylic acids is 1. The molecule has 5 heteroatoms. The van der Waals surface area contributed by atoms with Crippen molar-refractivity contribution in [2.45, 2.75) is 12.8 Å². The predicted molar refractivity (Wildman–Crippen MR) is 91.5 cm³/mol. The van der Waals surface area contributed by atoms with Crippen LogP contribution in [0.25, 0.3) is 0 Å². The average molecular weight is 330 g/mol. The molecule has 5 nitrogen and oxygen atoms in total. The highest BCUT2D eigenvalue weighted by Crippen LogP contribution is 2.25. The molecule has 128 valence electrons. The molecule has 2 rings (SSSR count). The lowest BCUT2D eigenvalue weighted by Gasteiger charge is -2.10. The molecular weight excluding hydrogens is 308 g/mol. The first-order valence-electron chi connectivity index (χ1n) is 7.53. The van der Waals surface area contributed by atoms with Crippen LogP contribution in [0.3, 0.4) is 0 Å². The van der Waals surface area contributed by atoms with Gasteiger partial charge in [-0.05, 0) is 35.4 Å². The zero-order valence-electron chi connectivity index (χ0n) is 14.4. The van der Waals surface area contributed by atoms with Crippen molar-refractivity contribution in [2.75, 3.05) is 28.4 Å². The van der Waals surface area contributed by atoms with E-state index in [9.17, 15) is 4.79 Å². The Labute approximate surface area is 142 Å². The molecule has 2 aromatic rings. The highest BCUT2D eigenvalue weighted by Gasteiger charge is 2.10. The number of hydrogen-bond acceptors (Lipinski definition) is 5. The first-order valence-corrected chi connectivity index (χ1v) is 7.53. The first-order chi connectivity index (χ1) is 11.6. The highest BCUT2D eigenvalue weighted by atomic mass is 16.5. The maximum atomic E-state index is 12.4. The van der Waals surface area contributed by atoms with Gasteiger partial charge >= 0.3 is 0 Å². The standard InChI is InChI=1S/C19H22O5/c1-21-16-7-13(8-17(11-16)22-2)5-15(20)6-14-9-18(23-3)12-19(10-14)24-4/h7-12H,5-6H2,1-4H3. The maximum Gasteiger partial charge on any atom is 0.141 e. The zero-order valence-corrected chi connectivity index (χ0v) is 14.4. The van der Waals surface area contributed by atoms with Gasteiger partial charge in [-0.15, -0.1) is 0 Å². The van der Waals surface area contributed by atoms with E-state index in [1.165, 1.54) is 0 Å². The van der Waals surface area contributed by atoms with Gasteiger partial charge in [-0.1, -0.05) is 0 Å². The monoisotopic (exact) mass is 330 g/mol. The summed E-state index contributed by atoms with van der Waals surface area (Å²) in [6, 6.07) is 10.9. The number of ether oxygens (including phenoxy) is 4. The molecular formula is C19H22O5. The maximum absolute atomic E-state index is 12.4. The van der Waals surface area contributed by atoms with E-state index in [0.29, 0.717) is 35.8 Å². The highest BCUT2D eigenvalue weighted by molar-refractivity contribution is 5.83. The molecule has 0 saturated heterocycles. The van der Waals surface area contributed by atoms with Crippen molar-refractivity contribution in [1.29, 1.82) is 0 Å². The van der Waals surface area contributed by atoms with E-state index >= 15 is 0 Å². The molecule has 0 aromatic heterocycles. The number of benzene rings is 2. The summed E-state index contributed by atoms with van der Waals surface area (Å²) in [7, 11) is 6.34. The molecule has 0 aliphatic rings. The zero-order chi connectivity index (χ0) is 17.5. The van der Waals surface area contributed by atoms with E-state index in [1.54, 1.807) is 40.6 Å². The van der Waals surface area contributed by atoms with Crippen molar-refractivity contribution in [3.63, 3.8) is 0 Å². The number of hydrogen-bond donors (Lipinski definition) is 0. The topological polar surface area (TPSA) is 54.0 Å². The van der Waals surface area contributed by atoms with Crippen LogP contribution < -0.4 is 18.9 Å². The van der Waals surface area contributed by atoms with E-state index in [4.69, 9.17) is 18.9 Å². The Morgan fingerprint density at radius 2 is 0.917 bits per heavy atom. The summed E-state index contributed by atoms with van der Waals surface area (Å²) in [5, 5.41) is 0. The fourth-order valence-corrected chi connectivity index (χ4v) is 2.45. The van der Waals surface area contributed by atoms with Crippen LogP contribution in [0.15, 0.2) is 36.4 Å². The van der Waals surface area contributed by atoms with E-state index in [2.05, 4.69) is 0 Å². The van der Waals surface area contributed by atoms with Crippen LogP contribution in [0.1, 0.15) is 11.1 Å². The largest absolute Gasteiger partial charge is 0.497 e. The second-order valence-corrected chi connectivity index (χ2v) is 5.33. The minimum absolute atomic E-state index is 0.0839. The minimum atomic E-state index is 0.0839. The van der Waals surface area contributed by atoms with Crippen molar-refractivity contribution < 1.29 is 23.7 Å². The molecule has 0 unspecified atom stereocenters. The molecule has 0 aliphatic carbocycles. The third-order valence-electron chi connectivity index (χ3n) is 3.63. The minimum Gasteiger partial charge on any atom is -0.497 e. The van der Waals surface area contributed by atoms with E-state index in [1.807, 2.05) is 24.3 Å². The summed E-state index contributed by atoms with van der Waals surface area (Å²) >= 11 is 0. The van der Waals surface area contributed by atoms with Crippen LogP contribution in [-0.2, 0) is 17.6 Å². The van der Waals surface area contributed by atoms with Gasteiger partial charge in [0, 0.05) is 25.0 Å². The van der Waals surface area contributed by atoms with E-state index in [-0.39, 0.29) is 5.78 Å². The number of ketones is 1. The van der Waals surface area contributed by atoms with Crippen molar-refractivity contribution in [3.8, 4) is 23.0 Å². The molecule has 24 heavy (non-hydrogen) atoms. The molecule has 0 N–H and O–H groups in total. The first kappa shape index (κ1) is 17.7. The Balaban J connectivity index is 2.13. The van der Waals surface area contributed by atoms with Crippen LogP contribution >= 0.6 is 0 Å².